The summed E-state index contributed by atoms with van der Waals surface area (Å²) in [5.41, 5.74) is -0.583. The van der Waals surface area contributed by atoms with Gasteiger partial charge in [0, 0.05) is 18.8 Å². The molecule has 1 spiro atoms. The van der Waals surface area contributed by atoms with Crippen LogP contribution < -0.4 is 0 Å². The van der Waals surface area contributed by atoms with Crippen molar-refractivity contribution in [3.8, 4) is 0 Å². The molecule has 4 amide bonds. The van der Waals surface area contributed by atoms with Gasteiger partial charge in [-0.2, -0.15) is 13.5 Å². The highest BCUT2D eigenvalue weighted by Crippen LogP contribution is 2.52. The van der Waals surface area contributed by atoms with Gasteiger partial charge in [0.15, 0.2) is 11.8 Å². The molecule has 0 aliphatic carbocycles. The average molecular weight is 472 g/mol. The third-order valence-corrected chi connectivity index (χ3v) is 7.10. The number of carbonyl (C=O) groups is 3. The number of urea groups is 1. The van der Waals surface area contributed by atoms with Gasteiger partial charge in [-0.25, -0.2) is 14.5 Å². The number of fused-ring (bicyclic) bond motifs is 2. The van der Waals surface area contributed by atoms with Crippen molar-refractivity contribution in [2.24, 2.45) is 0 Å². The Morgan fingerprint density at radius 1 is 1.18 bits per heavy atom. The molecule has 5 rings (SSSR count). The number of aromatic nitrogens is 1. The normalized spacial score (nSPS) is 23.6. The van der Waals surface area contributed by atoms with Crippen LogP contribution in [0, 0.1) is 6.92 Å². The monoisotopic (exact) mass is 472 g/mol. The number of hydroxylamine groups is 2. The average Bonchev–Trinajstić information content (AvgIpc) is 3.48. The zero-order chi connectivity index (χ0) is 23.5. The van der Waals surface area contributed by atoms with E-state index >= 15 is 0 Å². The number of hydrogen-bond acceptors (Lipinski definition) is 7. The summed E-state index contributed by atoms with van der Waals surface area (Å²) in [6.45, 7) is 3.37. The number of hydrogen-bond donors (Lipinski definition) is 0. The number of aryl methyl sites for hydroxylation is 1. The summed E-state index contributed by atoms with van der Waals surface area (Å²) in [6.07, 6.45) is 2.57. The lowest BCUT2D eigenvalue weighted by atomic mass is 10.0. The molecular weight excluding hydrogens is 452 g/mol. The molecule has 3 aliphatic heterocycles. The van der Waals surface area contributed by atoms with E-state index in [1.165, 1.54) is 27.8 Å². The zero-order valence-electron chi connectivity index (χ0n) is 17.7. The number of nitrogens with zero attached hydrogens (tertiary/aromatic N) is 4. The number of rotatable bonds is 4. The molecule has 0 saturated carbocycles. The van der Waals surface area contributed by atoms with Crippen molar-refractivity contribution >= 4 is 28.1 Å². The van der Waals surface area contributed by atoms with Crippen molar-refractivity contribution < 1.29 is 31.8 Å². The smallest absolute Gasteiger partial charge is 0.419 e. The van der Waals surface area contributed by atoms with Crippen LogP contribution in [0.25, 0.3) is 0 Å². The Balaban J connectivity index is 1.66. The lowest BCUT2D eigenvalue weighted by Crippen LogP contribution is -2.63. The minimum absolute atomic E-state index is 0.00964. The molecule has 0 radical (unpaired) electrons. The quantitative estimate of drug-likeness (QED) is 0.671. The Bertz CT molecular complexity index is 1300. The number of ether oxygens (including phenoxy) is 1. The maximum Gasteiger partial charge on any atom is 0.419 e. The molecular formula is C21H20N4O7S. The van der Waals surface area contributed by atoms with Crippen molar-refractivity contribution in [2.75, 3.05) is 6.61 Å². The lowest BCUT2D eigenvalue weighted by Gasteiger charge is -2.46. The van der Waals surface area contributed by atoms with Crippen molar-refractivity contribution in [1.29, 1.82) is 0 Å². The Morgan fingerprint density at radius 3 is 2.61 bits per heavy atom. The predicted molar refractivity (Wildman–Crippen MR) is 112 cm³/mol. The Morgan fingerprint density at radius 2 is 1.91 bits per heavy atom. The van der Waals surface area contributed by atoms with Gasteiger partial charge in [0.2, 0.25) is 0 Å². The molecule has 1 aromatic heterocycles. The first-order valence-electron chi connectivity index (χ1n) is 10.2. The minimum Gasteiger partial charge on any atom is -0.449 e. The number of benzene rings is 1. The molecule has 4 heterocycles. The fourth-order valence-corrected chi connectivity index (χ4v) is 5.41. The summed E-state index contributed by atoms with van der Waals surface area (Å²) < 4.78 is 38.1. The van der Waals surface area contributed by atoms with Gasteiger partial charge in [0.1, 0.15) is 5.69 Å². The number of imide groups is 1. The molecule has 0 unspecified atom stereocenters. The highest BCUT2D eigenvalue weighted by atomic mass is 32.2. The van der Waals surface area contributed by atoms with Gasteiger partial charge >= 0.3 is 22.2 Å². The summed E-state index contributed by atoms with van der Waals surface area (Å²) in [4.78, 5) is 41.4. The van der Waals surface area contributed by atoms with Gasteiger partial charge in [0.05, 0.1) is 11.5 Å². The van der Waals surface area contributed by atoms with Crippen LogP contribution in [0.15, 0.2) is 59.8 Å². The summed E-state index contributed by atoms with van der Waals surface area (Å²) in [7, 11) is -4.48. The largest absolute Gasteiger partial charge is 0.449 e. The van der Waals surface area contributed by atoms with E-state index in [-0.39, 0.29) is 23.6 Å². The van der Waals surface area contributed by atoms with Crippen LogP contribution >= 0.6 is 0 Å². The van der Waals surface area contributed by atoms with Crippen LogP contribution in [-0.4, -0.2) is 58.1 Å². The second-order valence-corrected chi connectivity index (χ2v) is 9.33. The van der Waals surface area contributed by atoms with Crippen molar-refractivity contribution in [1.82, 2.24) is 19.4 Å². The van der Waals surface area contributed by atoms with Gasteiger partial charge in [-0.05, 0) is 38.1 Å². The number of carbonyl (C=O) groups excluding carboxylic acids is 3. The van der Waals surface area contributed by atoms with Crippen LogP contribution in [-0.2, 0) is 19.1 Å². The molecule has 0 N–H and O–H groups in total. The summed E-state index contributed by atoms with van der Waals surface area (Å²) in [5.74, 6) is -0.468. The van der Waals surface area contributed by atoms with Gasteiger partial charge < -0.3 is 9.30 Å². The maximum absolute atomic E-state index is 13.5. The summed E-state index contributed by atoms with van der Waals surface area (Å²) in [6, 6.07) is 7.99. The first-order valence-corrected chi connectivity index (χ1v) is 11.6. The molecule has 3 aliphatic rings. The molecule has 12 heteroatoms. The predicted octanol–water partition coefficient (Wildman–Crippen LogP) is 2.58. The lowest BCUT2D eigenvalue weighted by molar-refractivity contribution is -0.138. The molecule has 1 aromatic carbocycles. The third kappa shape index (κ3) is 2.84. The molecule has 0 bridgehead atoms. The third-order valence-electron chi connectivity index (χ3n) is 5.91. The van der Waals surface area contributed by atoms with Gasteiger partial charge in [-0.15, -0.1) is 4.28 Å². The molecule has 2 aromatic rings. The topological polar surface area (TPSA) is 118 Å². The second-order valence-electron chi connectivity index (χ2n) is 7.80. The van der Waals surface area contributed by atoms with Crippen LogP contribution in [0.3, 0.4) is 0 Å². The van der Waals surface area contributed by atoms with Crippen molar-refractivity contribution in [3.63, 3.8) is 0 Å². The summed E-state index contributed by atoms with van der Waals surface area (Å²) >= 11 is 0. The Kier molecular flexibility index (Phi) is 4.62. The SMILES string of the molecule is CCOC(=O)N1C(=O)N(OS(=O)(=O)c2ccc(C)cc2)[C@]23CC=CN2C(=O)c2cccn2[C@H]13. The van der Waals surface area contributed by atoms with E-state index < -0.39 is 40.0 Å². The first-order chi connectivity index (χ1) is 15.7. The summed E-state index contributed by atoms with van der Waals surface area (Å²) in [5, 5.41) is 0.602. The Labute approximate surface area is 189 Å². The van der Waals surface area contributed by atoms with Crippen LogP contribution in [0.4, 0.5) is 9.59 Å². The Hall–Kier alpha value is -3.64. The molecule has 172 valence electrons. The molecule has 2 atom stereocenters. The molecule has 1 saturated heterocycles. The molecule has 1 fully saturated rings. The van der Waals surface area contributed by atoms with E-state index in [1.807, 2.05) is 0 Å². The minimum atomic E-state index is -4.48. The van der Waals surface area contributed by atoms with Gasteiger partial charge in [-0.1, -0.05) is 23.8 Å². The van der Waals surface area contributed by atoms with E-state index in [0.29, 0.717) is 5.06 Å². The fraction of sp³-hybridized carbons (Fsp3) is 0.286. The maximum atomic E-state index is 13.5. The molecule has 33 heavy (non-hydrogen) atoms. The van der Waals surface area contributed by atoms with Crippen molar-refractivity contribution in [3.05, 3.63) is 66.1 Å². The fourth-order valence-electron chi connectivity index (χ4n) is 4.47. The highest BCUT2D eigenvalue weighted by molar-refractivity contribution is 7.86. The second kappa shape index (κ2) is 7.18. The molecule has 11 nitrogen and oxygen atoms in total. The van der Waals surface area contributed by atoms with E-state index in [9.17, 15) is 22.8 Å². The first kappa shape index (κ1) is 21.2. The zero-order valence-corrected chi connectivity index (χ0v) is 18.6. The highest BCUT2D eigenvalue weighted by Gasteiger charge is 2.69. The van der Waals surface area contributed by atoms with Gasteiger partial charge in [0.25, 0.3) is 5.91 Å². The number of amides is 4. The standard InChI is InChI=1S/C21H20N4O7S/c1-3-31-20(28)24-18-21(11-5-13-23(21)17(26)16-6-4-12-22(16)18)25(19(24)27)32-33(29,30)15-9-7-14(2)8-10-15/h4-10,12-13,18H,3,11H2,1-2H3/t18-,21+/m1/s1. The van der Waals surface area contributed by atoms with Crippen LogP contribution in [0.2, 0.25) is 0 Å². The van der Waals surface area contributed by atoms with E-state index in [1.54, 1.807) is 50.4 Å². The van der Waals surface area contributed by atoms with Crippen LogP contribution in [0.5, 0.6) is 0 Å². The van der Waals surface area contributed by atoms with E-state index in [4.69, 9.17) is 9.02 Å². The van der Waals surface area contributed by atoms with E-state index in [0.717, 1.165) is 10.5 Å². The van der Waals surface area contributed by atoms with Crippen LogP contribution in [0.1, 0.15) is 35.6 Å². The van der Waals surface area contributed by atoms with Crippen molar-refractivity contribution in [2.45, 2.75) is 37.0 Å². The van der Waals surface area contributed by atoms with Gasteiger partial charge in [-0.3, -0.25) is 9.69 Å². The van der Waals surface area contributed by atoms with E-state index in [2.05, 4.69) is 0 Å².